The third-order valence-electron chi connectivity index (χ3n) is 1.90. The van der Waals surface area contributed by atoms with Crippen molar-refractivity contribution < 1.29 is 14.3 Å². The fraction of sp³-hybridized carbons (Fsp3) is 0.364. The molecule has 1 aromatic carbocycles. The minimum absolute atomic E-state index is 0.194. The molecule has 0 aliphatic heterocycles. The Bertz CT molecular complexity index is 352. The first-order valence-corrected chi connectivity index (χ1v) is 5.90. The van der Waals surface area contributed by atoms with Crippen LogP contribution in [-0.4, -0.2) is 16.8 Å². The molecule has 0 atom stereocenters. The summed E-state index contributed by atoms with van der Waals surface area (Å²) in [4.78, 5) is 10.8. The highest BCUT2D eigenvalue weighted by molar-refractivity contribution is 7.98. The molecule has 1 rings (SSSR count). The molecule has 0 heterocycles. The fourth-order valence-corrected chi connectivity index (χ4v) is 2.11. The van der Waals surface area contributed by atoms with Crippen LogP contribution in [0.4, 0.5) is 4.39 Å². The molecule has 2 nitrogen and oxygen atoms in total. The van der Waals surface area contributed by atoms with Crippen molar-refractivity contribution in [3.8, 4) is 0 Å². The van der Waals surface area contributed by atoms with Gasteiger partial charge in [-0.3, -0.25) is 0 Å². The van der Waals surface area contributed by atoms with Crippen molar-refractivity contribution >= 4 is 17.7 Å². The highest BCUT2D eigenvalue weighted by atomic mass is 32.2. The molecule has 0 aliphatic rings. The predicted molar refractivity (Wildman–Crippen MR) is 59.8 cm³/mol. The minimum Gasteiger partial charge on any atom is -0.478 e. The van der Waals surface area contributed by atoms with Crippen LogP contribution in [-0.2, 0) is 5.75 Å². The summed E-state index contributed by atoms with van der Waals surface area (Å²) in [5.41, 5.74) is 0.751. The number of hydrogen-bond acceptors (Lipinski definition) is 2. The van der Waals surface area contributed by atoms with Gasteiger partial charge in [-0.1, -0.05) is 6.92 Å². The van der Waals surface area contributed by atoms with E-state index in [1.807, 2.05) is 0 Å². The molecule has 15 heavy (non-hydrogen) atoms. The second-order valence-electron chi connectivity index (χ2n) is 3.16. The van der Waals surface area contributed by atoms with Crippen molar-refractivity contribution in [2.75, 3.05) is 5.75 Å². The van der Waals surface area contributed by atoms with E-state index < -0.39 is 5.97 Å². The van der Waals surface area contributed by atoms with Gasteiger partial charge in [0.05, 0.1) is 5.56 Å². The van der Waals surface area contributed by atoms with Gasteiger partial charge in [-0.15, -0.1) is 0 Å². The van der Waals surface area contributed by atoms with E-state index in [0.717, 1.165) is 12.2 Å². The molecule has 0 spiro atoms. The third-order valence-corrected chi connectivity index (χ3v) is 3.12. The summed E-state index contributed by atoms with van der Waals surface area (Å²) in [5, 5.41) is 8.88. The number of thioether (sulfide) groups is 1. The van der Waals surface area contributed by atoms with E-state index in [9.17, 15) is 9.18 Å². The van der Waals surface area contributed by atoms with E-state index in [0.29, 0.717) is 11.3 Å². The zero-order valence-electron chi connectivity index (χ0n) is 8.50. The standard InChI is InChI=1S/C11H13FO2S/c1-2-5-15-7-8-6-9(12)3-4-10(8)11(13)14/h3-4,6H,2,5,7H2,1H3,(H,13,14). The monoisotopic (exact) mass is 228 g/mol. The van der Waals surface area contributed by atoms with Crippen LogP contribution in [0.5, 0.6) is 0 Å². The first-order valence-electron chi connectivity index (χ1n) is 4.74. The molecular formula is C11H13FO2S. The van der Waals surface area contributed by atoms with Gasteiger partial charge in [0.15, 0.2) is 0 Å². The molecular weight excluding hydrogens is 215 g/mol. The van der Waals surface area contributed by atoms with Gasteiger partial charge in [-0.25, -0.2) is 9.18 Å². The molecule has 1 aromatic rings. The van der Waals surface area contributed by atoms with Crippen LogP contribution in [0.2, 0.25) is 0 Å². The van der Waals surface area contributed by atoms with Gasteiger partial charge in [0.25, 0.3) is 0 Å². The molecule has 82 valence electrons. The molecule has 0 unspecified atom stereocenters. The second kappa shape index (κ2) is 5.75. The third kappa shape index (κ3) is 3.55. The van der Waals surface area contributed by atoms with Crippen molar-refractivity contribution in [3.05, 3.63) is 35.1 Å². The van der Waals surface area contributed by atoms with E-state index in [-0.39, 0.29) is 11.4 Å². The van der Waals surface area contributed by atoms with Crippen LogP contribution < -0.4 is 0 Å². The highest BCUT2D eigenvalue weighted by Gasteiger charge is 2.10. The van der Waals surface area contributed by atoms with Gasteiger partial charge in [-0.05, 0) is 35.9 Å². The number of carboxylic acid groups (broad SMARTS) is 1. The summed E-state index contributed by atoms with van der Waals surface area (Å²) in [6.07, 6.45) is 1.03. The molecule has 1 N–H and O–H groups in total. The van der Waals surface area contributed by atoms with Gasteiger partial charge in [-0.2, -0.15) is 11.8 Å². The van der Waals surface area contributed by atoms with Crippen LogP contribution in [0, 0.1) is 5.82 Å². The fourth-order valence-electron chi connectivity index (χ4n) is 1.22. The lowest BCUT2D eigenvalue weighted by Gasteiger charge is -2.05. The van der Waals surface area contributed by atoms with E-state index in [2.05, 4.69) is 6.92 Å². The number of halogens is 1. The van der Waals surface area contributed by atoms with Gasteiger partial charge >= 0.3 is 5.97 Å². The van der Waals surface area contributed by atoms with E-state index >= 15 is 0 Å². The maximum atomic E-state index is 12.9. The Morgan fingerprint density at radius 3 is 2.87 bits per heavy atom. The topological polar surface area (TPSA) is 37.3 Å². The molecule has 0 fully saturated rings. The Balaban J connectivity index is 2.82. The largest absolute Gasteiger partial charge is 0.478 e. The normalized spacial score (nSPS) is 10.3. The summed E-state index contributed by atoms with van der Waals surface area (Å²) < 4.78 is 12.9. The van der Waals surface area contributed by atoms with E-state index in [1.165, 1.54) is 18.2 Å². The van der Waals surface area contributed by atoms with Gasteiger partial charge < -0.3 is 5.11 Å². The van der Waals surface area contributed by atoms with Gasteiger partial charge in [0, 0.05) is 5.75 Å². The number of carboxylic acids is 1. The first kappa shape index (κ1) is 12.0. The van der Waals surface area contributed by atoms with Crippen LogP contribution in [0.15, 0.2) is 18.2 Å². The smallest absolute Gasteiger partial charge is 0.335 e. The Hall–Kier alpha value is -1.03. The Labute approximate surface area is 92.5 Å². The van der Waals surface area contributed by atoms with Crippen molar-refractivity contribution in [2.24, 2.45) is 0 Å². The van der Waals surface area contributed by atoms with Gasteiger partial charge in [0.1, 0.15) is 5.82 Å². The number of hydrogen-bond donors (Lipinski definition) is 1. The second-order valence-corrected chi connectivity index (χ2v) is 4.26. The Kier molecular flexibility index (Phi) is 4.62. The lowest BCUT2D eigenvalue weighted by atomic mass is 10.1. The molecule has 0 saturated heterocycles. The highest BCUT2D eigenvalue weighted by Crippen LogP contribution is 2.18. The quantitative estimate of drug-likeness (QED) is 0.786. The van der Waals surface area contributed by atoms with Crippen LogP contribution in [0.1, 0.15) is 29.3 Å². The zero-order chi connectivity index (χ0) is 11.3. The lowest BCUT2D eigenvalue weighted by Crippen LogP contribution is -2.02. The van der Waals surface area contributed by atoms with Crippen molar-refractivity contribution in [1.82, 2.24) is 0 Å². The number of carbonyl (C=O) groups is 1. The number of aromatic carboxylic acids is 1. The van der Waals surface area contributed by atoms with E-state index in [1.54, 1.807) is 11.8 Å². The molecule has 4 heteroatoms. The van der Waals surface area contributed by atoms with Crippen molar-refractivity contribution in [2.45, 2.75) is 19.1 Å². The molecule has 0 radical (unpaired) electrons. The molecule has 0 bridgehead atoms. The van der Waals surface area contributed by atoms with Crippen LogP contribution >= 0.6 is 11.8 Å². The maximum Gasteiger partial charge on any atom is 0.335 e. The Morgan fingerprint density at radius 1 is 1.53 bits per heavy atom. The number of benzene rings is 1. The summed E-state index contributed by atoms with van der Waals surface area (Å²) >= 11 is 1.62. The number of rotatable bonds is 5. The Morgan fingerprint density at radius 2 is 2.27 bits per heavy atom. The minimum atomic E-state index is -0.998. The first-order chi connectivity index (χ1) is 7.15. The summed E-state index contributed by atoms with van der Waals surface area (Å²) in [6, 6.07) is 3.79. The zero-order valence-corrected chi connectivity index (χ0v) is 9.31. The SMILES string of the molecule is CCCSCc1cc(F)ccc1C(=O)O. The summed E-state index contributed by atoms with van der Waals surface area (Å²) in [6.45, 7) is 2.05. The van der Waals surface area contributed by atoms with Gasteiger partial charge in [0.2, 0.25) is 0 Å². The average molecular weight is 228 g/mol. The summed E-state index contributed by atoms with van der Waals surface area (Å²) in [7, 11) is 0. The van der Waals surface area contributed by atoms with Crippen LogP contribution in [0.3, 0.4) is 0 Å². The molecule has 0 aliphatic carbocycles. The average Bonchev–Trinajstić information content (AvgIpc) is 2.18. The maximum absolute atomic E-state index is 12.9. The molecule has 0 aromatic heterocycles. The summed E-state index contributed by atoms with van der Waals surface area (Å²) in [5.74, 6) is 0.122. The van der Waals surface area contributed by atoms with Crippen LogP contribution in [0.25, 0.3) is 0 Å². The van der Waals surface area contributed by atoms with E-state index in [4.69, 9.17) is 5.11 Å². The predicted octanol–water partition coefficient (Wildman–Crippen LogP) is 3.17. The molecule has 0 saturated carbocycles. The van der Waals surface area contributed by atoms with Crippen molar-refractivity contribution in [1.29, 1.82) is 0 Å². The molecule has 0 amide bonds. The van der Waals surface area contributed by atoms with Crippen molar-refractivity contribution in [3.63, 3.8) is 0 Å². The lowest BCUT2D eigenvalue weighted by molar-refractivity contribution is 0.0696.